The second-order valence-corrected chi connectivity index (χ2v) is 11.4. The number of aromatic nitrogens is 5. The molecule has 4 N–H and O–H groups in total. The van der Waals surface area contributed by atoms with Gasteiger partial charge in [0.15, 0.2) is 5.43 Å². The van der Waals surface area contributed by atoms with Crippen LogP contribution in [-0.4, -0.2) is 81.8 Å². The van der Waals surface area contributed by atoms with Crippen molar-refractivity contribution in [1.29, 1.82) is 0 Å². The maximum atomic E-state index is 13.5. The number of phenolic OH excluding ortho intramolecular Hbond substituents is 1. The number of benzene rings is 1. The molecule has 1 unspecified atom stereocenters. The fourth-order valence-corrected chi connectivity index (χ4v) is 6.78. The first kappa shape index (κ1) is 32.3. The summed E-state index contributed by atoms with van der Waals surface area (Å²) >= 11 is 2.47. The van der Waals surface area contributed by atoms with E-state index in [0.29, 0.717) is 16.4 Å². The van der Waals surface area contributed by atoms with Crippen LogP contribution in [-0.2, 0) is 21.4 Å². The summed E-state index contributed by atoms with van der Waals surface area (Å²) in [6, 6.07) is 4.27. The molecule has 0 bridgehead atoms. The number of β-lactam (4-membered cyclic amide) rings is 1. The molecule has 43 heavy (non-hydrogen) atoms. The molecule has 5 rings (SSSR count). The molecule has 3 atom stereocenters. The number of nitrogens with zero attached hydrogens (tertiary/aromatic N) is 5. The first-order chi connectivity index (χ1) is 20.0. The third-order valence-corrected chi connectivity index (χ3v) is 9.00. The summed E-state index contributed by atoms with van der Waals surface area (Å²) in [6.45, 7) is 1.65. The topological polar surface area (TPSA) is 215 Å². The molecule has 4 heterocycles. The van der Waals surface area contributed by atoms with Gasteiger partial charge in [-0.3, -0.25) is 24.1 Å². The van der Waals surface area contributed by atoms with Crippen molar-refractivity contribution in [3.63, 3.8) is 0 Å². The number of amides is 3. The first-order valence-electron chi connectivity index (χ1n) is 12.4. The van der Waals surface area contributed by atoms with Crippen LogP contribution in [0.4, 0.5) is 0 Å². The van der Waals surface area contributed by atoms with E-state index in [0.717, 1.165) is 4.90 Å². The number of hydrogen-bond acceptors (Lipinski definition) is 12. The number of H-pyrrole nitrogens is 1. The van der Waals surface area contributed by atoms with Crippen molar-refractivity contribution in [1.82, 2.24) is 40.7 Å². The smallest absolute Gasteiger partial charge is 0.543 e. The Kier molecular flexibility index (Phi) is 10.0. The van der Waals surface area contributed by atoms with Gasteiger partial charge >= 0.3 is 29.6 Å². The number of tetrazole rings is 1. The van der Waals surface area contributed by atoms with Gasteiger partial charge in [-0.1, -0.05) is 23.9 Å². The molecule has 0 saturated carbocycles. The number of carbonyl (C=O) groups excluding carboxylic acids is 4. The van der Waals surface area contributed by atoms with E-state index < -0.39 is 46.6 Å². The van der Waals surface area contributed by atoms with E-state index in [1.54, 1.807) is 14.0 Å². The molecular weight excluding hydrogens is 611 g/mol. The Labute approximate surface area is 274 Å². The average Bonchev–Trinajstić information content (AvgIpc) is 3.37. The standard InChI is InChI=1S/C25H24N8O7S2.Na/c1-11-7-16(35)15(8-26-11)20(36)27-17(12-3-5-14(34)6-4-12)21(37)28-18-22(38)33-19(24(39)40)13(9-41-23(18)33)10-42-25-29-30-31-32(25)2;/h3-8,17-18,23,34H,9-10H2,1-2H3,(H,26,35)(H,27,36)(H,28,37)(H,39,40);/q;+1/p-1/t17?,18-,23+;/m1./s1. The number of rotatable bonds is 9. The fourth-order valence-electron chi connectivity index (χ4n) is 4.44. The van der Waals surface area contributed by atoms with E-state index in [1.807, 2.05) is 0 Å². The zero-order valence-electron chi connectivity index (χ0n) is 23.1. The molecule has 0 spiro atoms. The van der Waals surface area contributed by atoms with Gasteiger partial charge in [0.25, 0.3) is 11.8 Å². The molecule has 3 aromatic rings. The number of aryl methyl sites for hydroxylation is 2. The molecule has 2 aliphatic heterocycles. The fraction of sp³-hybridized carbons (Fsp3) is 0.280. The van der Waals surface area contributed by atoms with Crippen LogP contribution in [0, 0.1) is 6.92 Å². The number of nitrogens with one attached hydrogen (secondary N) is 3. The predicted molar refractivity (Wildman–Crippen MR) is 147 cm³/mol. The normalized spacial score (nSPS) is 18.2. The maximum absolute atomic E-state index is 13.5. The molecule has 3 amide bonds. The van der Waals surface area contributed by atoms with Crippen molar-refractivity contribution < 1.29 is 58.9 Å². The van der Waals surface area contributed by atoms with Gasteiger partial charge in [-0.2, -0.15) is 0 Å². The molecule has 1 saturated heterocycles. The van der Waals surface area contributed by atoms with Crippen LogP contribution in [0.3, 0.4) is 0 Å². The predicted octanol–water partition coefficient (Wildman–Crippen LogP) is -4.42. The van der Waals surface area contributed by atoms with Crippen molar-refractivity contribution in [2.24, 2.45) is 7.05 Å². The number of aromatic amines is 1. The van der Waals surface area contributed by atoms with Crippen molar-refractivity contribution in [3.8, 4) is 5.75 Å². The second-order valence-electron chi connectivity index (χ2n) is 9.40. The minimum absolute atomic E-state index is 0. The Morgan fingerprint density at radius 3 is 2.60 bits per heavy atom. The number of hydrogen-bond donors (Lipinski definition) is 4. The van der Waals surface area contributed by atoms with Gasteiger partial charge in [-0.25, -0.2) is 4.68 Å². The molecule has 1 aromatic carbocycles. The van der Waals surface area contributed by atoms with E-state index in [1.165, 1.54) is 64.7 Å². The van der Waals surface area contributed by atoms with Gasteiger partial charge in [0.1, 0.15) is 28.8 Å². The second kappa shape index (κ2) is 13.3. The van der Waals surface area contributed by atoms with Crippen LogP contribution in [0.25, 0.3) is 0 Å². The van der Waals surface area contributed by atoms with Crippen LogP contribution in [0.2, 0.25) is 0 Å². The Balaban J connectivity index is 0.00000423. The zero-order chi connectivity index (χ0) is 30.1. The van der Waals surface area contributed by atoms with E-state index in [2.05, 4.69) is 31.1 Å². The number of pyridine rings is 1. The molecule has 0 aliphatic carbocycles. The summed E-state index contributed by atoms with van der Waals surface area (Å²) in [7, 11) is 1.64. The summed E-state index contributed by atoms with van der Waals surface area (Å²) in [5.74, 6) is -3.42. The number of carbonyl (C=O) groups is 4. The SMILES string of the molecule is Cc1cc(=O)c(C(=O)NC(C(=O)N[C@@H]2C(=O)N3C(C(=O)[O-])=C(CSc4nnnn4C)CS[C@@H]23)c2ccc(O)cc2)c[nH]1.[Na+]. The van der Waals surface area contributed by atoms with Crippen LogP contribution in [0.5, 0.6) is 5.75 Å². The molecule has 1 fully saturated rings. The Bertz CT molecular complexity index is 1680. The van der Waals surface area contributed by atoms with E-state index in [9.17, 15) is 34.2 Å². The third kappa shape index (κ3) is 6.65. The number of fused-ring (bicyclic) bond motifs is 1. The number of aliphatic carboxylic acids is 1. The summed E-state index contributed by atoms with van der Waals surface area (Å²) in [6.07, 6.45) is 1.23. The van der Waals surface area contributed by atoms with Crippen LogP contribution in [0.1, 0.15) is 27.7 Å². The zero-order valence-corrected chi connectivity index (χ0v) is 26.7. The Hall–Kier alpha value is -3.64. The molecule has 0 radical (unpaired) electrons. The molecular formula is C25H23N8NaO7S2. The van der Waals surface area contributed by atoms with Gasteiger partial charge < -0.3 is 30.6 Å². The molecule has 18 heteroatoms. The van der Waals surface area contributed by atoms with Crippen LogP contribution >= 0.6 is 23.5 Å². The molecule has 2 aromatic heterocycles. The van der Waals surface area contributed by atoms with Crippen molar-refractivity contribution in [2.45, 2.75) is 29.5 Å². The average molecular weight is 635 g/mol. The van der Waals surface area contributed by atoms with Gasteiger partial charge in [-0.05, 0) is 40.6 Å². The number of carboxylic acids is 1. The first-order valence-corrected chi connectivity index (χ1v) is 14.4. The minimum atomic E-state index is -1.53. The quantitative estimate of drug-likeness (QED) is 0.0997. The summed E-state index contributed by atoms with van der Waals surface area (Å²) in [5.41, 5.74) is 0.216. The number of thioether (sulfide) groups is 2. The molecule has 2 aliphatic rings. The van der Waals surface area contributed by atoms with E-state index >= 15 is 0 Å². The van der Waals surface area contributed by atoms with E-state index in [4.69, 9.17) is 0 Å². The Morgan fingerprint density at radius 2 is 1.98 bits per heavy atom. The largest absolute Gasteiger partial charge is 1.00 e. The summed E-state index contributed by atoms with van der Waals surface area (Å²) in [5, 5.41) is 37.8. The van der Waals surface area contributed by atoms with Gasteiger partial charge in [0, 0.05) is 36.5 Å². The van der Waals surface area contributed by atoms with Crippen molar-refractivity contribution in [2.75, 3.05) is 11.5 Å². The number of aromatic hydroxyl groups is 1. The molecule has 15 nitrogen and oxygen atoms in total. The van der Waals surface area contributed by atoms with Crippen molar-refractivity contribution in [3.05, 3.63) is 74.8 Å². The minimum Gasteiger partial charge on any atom is -0.543 e. The maximum Gasteiger partial charge on any atom is 1.00 e. The monoisotopic (exact) mass is 634 g/mol. The van der Waals surface area contributed by atoms with E-state index in [-0.39, 0.29) is 63.6 Å². The van der Waals surface area contributed by atoms with Gasteiger partial charge in [0.05, 0.1) is 11.7 Å². The third-order valence-electron chi connectivity index (χ3n) is 6.56. The molecule has 218 valence electrons. The summed E-state index contributed by atoms with van der Waals surface area (Å²) < 4.78 is 1.43. The van der Waals surface area contributed by atoms with Gasteiger partial charge in [-0.15, -0.1) is 16.9 Å². The van der Waals surface area contributed by atoms with Crippen molar-refractivity contribution >= 4 is 47.2 Å². The number of carboxylic acid groups (broad SMARTS) is 1. The van der Waals surface area contributed by atoms with Gasteiger partial charge in [0.2, 0.25) is 11.1 Å². The van der Waals surface area contributed by atoms with Crippen LogP contribution in [0.15, 0.2) is 57.7 Å². The summed E-state index contributed by atoms with van der Waals surface area (Å²) in [4.78, 5) is 67.9. The van der Waals surface area contributed by atoms with Crippen LogP contribution < -0.4 is 50.7 Å². The Morgan fingerprint density at radius 1 is 1.26 bits per heavy atom. The number of phenols is 1.